The summed E-state index contributed by atoms with van der Waals surface area (Å²) in [6, 6.07) is 0.197. The van der Waals surface area contributed by atoms with E-state index in [2.05, 4.69) is 54.5 Å². The largest absolute Gasteiger partial charge is 0.357 e. The average Bonchev–Trinajstić information content (AvgIpc) is 3.26. The first-order valence-electron chi connectivity index (χ1n) is 10.1. The van der Waals surface area contributed by atoms with Crippen molar-refractivity contribution >= 4 is 17.3 Å². The molecule has 2 heterocycles. The summed E-state index contributed by atoms with van der Waals surface area (Å²) in [4.78, 5) is 15.7. The van der Waals surface area contributed by atoms with Crippen LogP contribution in [0.3, 0.4) is 0 Å². The van der Waals surface area contributed by atoms with Crippen LogP contribution in [0, 0.1) is 0 Å². The van der Waals surface area contributed by atoms with Crippen molar-refractivity contribution in [2.45, 2.75) is 45.2 Å². The molecular formula is C20H33N7S. The van der Waals surface area contributed by atoms with Crippen molar-refractivity contribution in [2.24, 2.45) is 12.0 Å². The third-order valence-corrected chi connectivity index (χ3v) is 6.25. The Morgan fingerprint density at radius 1 is 1.32 bits per heavy atom. The molecule has 0 radical (unpaired) electrons. The smallest absolute Gasteiger partial charge is 0.194 e. The maximum atomic E-state index is 4.93. The molecule has 8 heteroatoms. The van der Waals surface area contributed by atoms with Gasteiger partial charge in [-0.1, -0.05) is 0 Å². The Morgan fingerprint density at radius 2 is 2.11 bits per heavy atom. The van der Waals surface area contributed by atoms with Gasteiger partial charge in [0.25, 0.3) is 0 Å². The third-order valence-electron chi connectivity index (χ3n) is 5.11. The van der Waals surface area contributed by atoms with Crippen LogP contribution in [0.25, 0.3) is 0 Å². The van der Waals surface area contributed by atoms with E-state index in [1.807, 2.05) is 29.3 Å². The Morgan fingerprint density at radius 3 is 2.75 bits per heavy atom. The minimum atomic E-state index is 0.197. The van der Waals surface area contributed by atoms with Crippen LogP contribution in [-0.4, -0.2) is 64.8 Å². The van der Waals surface area contributed by atoms with Crippen molar-refractivity contribution in [2.75, 3.05) is 34.2 Å². The van der Waals surface area contributed by atoms with Crippen molar-refractivity contribution in [3.05, 3.63) is 33.5 Å². The number of fused-ring (bicyclic) bond motifs is 1. The molecule has 0 amide bonds. The SMILES string of the molecule is CCNC(=NCC(c1cnn(C)c1)N(C)C)N(C)Cc1nc2c(s1)CCCC2. The number of aromatic nitrogens is 3. The predicted molar refractivity (Wildman–Crippen MR) is 116 cm³/mol. The number of aliphatic imine (C=N–C) groups is 1. The van der Waals surface area contributed by atoms with Gasteiger partial charge in [-0.15, -0.1) is 11.3 Å². The summed E-state index contributed by atoms with van der Waals surface area (Å²) >= 11 is 1.87. The fraction of sp³-hybridized carbons (Fsp3) is 0.650. The van der Waals surface area contributed by atoms with Gasteiger partial charge in [-0.3, -0.25) is 9.67 Å². The molecule has 3 rings (SSSR count). The summed E-state index contributed by atoms with van der Waals surface area (Å²) in [6.07, 6.45) is 8.90. The second-order valence-electron chi connectivity index (χ2n) is 7.66. The molecule has 7 nitrogen and oxygen atoms in total. The summed E-state index contributed by atoms with van der Waals surface area (Å²) in [6.45, 7) is 4.43. The fourth-order valence-corrected chi connectivity index (χ4v) is 4.78. The lowest BCUT2D eigenvalue weighted by molar-refractivity contribution is 0.305. The first-order chi connectivity index (χ1) is 13.5. The quantitative estimate of drug-likeness (QED) is 0.568. The minimum absolute atomic E-state index is 0.197. The van der Waals surface area contributed by atoms with Crippen LogP contribution in [0.5, 0.6) is 0 Å². The molecule has 0 aromatic carbocycles. The molecule has 0 spiro atoms. The van der Waals surface area contributed by atoms with E-state index in [9.17, 15) is 0 Å². The molecule has 0 saturated carbocycles. The second kappa shape index (κ2) is 9.52. The Labute approximate surface area is 172 Å². The molecule has 28 heavy (non-hydrogen) atoms. The summed E-state index contributed by atoms with van der Waals surface area (Å²) in [7, 11) is 8.22. The van der Waals surface area contributed by atoms with Crippen LogP contribution in [-0.2, 0) is 26.4 Å². The average molecular weight is 404 g/mol. The van der Waals surface area contributed by atoms with Gasteiger partial charge in [-0.05, 0) is 46.7 Å². The van der Waals surface area contributed by atoms with Gasteiger partial charge in [0, 0.05) is 37.3 Å². The Balaban J connectivity index is 1.70. The molecule has 1 N–H and O–H groups in total. The summed E-state index contributed by atoms with van der Waals surface area (Å²) < 4.78 is 1.84. The van der Waals surface area contributed by atoms with E-state index in [1.165, 1.54) is 40.4 Å². The first-order valence-corrected chi connectivity index (χ1v) is 10.9. The molecule has 1 aliphatic rings. The van der Waals surface area contributed by atoms with E-state index in [0.29, 0.717) is 6.54 Å². The second-order valence-corrected chi connectivity index (χ2v) is 8.83. The highest BCUT2D eigenvalue weighted by Gasteiger charge is 2.19. The van der Waals surface area contributed by atoms with E-state index < -0.39 is 0 Å². The Bertz CT molecular complexity index is 769. The lowest BCUT2D eigenvalue weighted by Gasteiger charge is -2.24. The third kappa shape index (κ3) is 5.11. The number of guanidine groups is 1. The molecule has 1 unspecified atom stereocenters. The highest BCUT2D eigenvalue weighted by Crippen LogP contribution is 2.27. The summed E-state index contributed by atoms with van der Waals surface area (Å²) in [5.41, 5.74) is 2.51. The van der Waals surface area contributed by atoms with Gasteiger partial charge in [0.2, 0.25) is 0 Å². The maximum absolute atomic E-state index is 4.93. The van der Waals surface area contributed by atoms with E-state index >= 15 is 0 Å². The summed E-state index contributed by atoms with van der Waals surface area (Å²) in [5.74, 6) is 0.923. The van der Waals surface area contributed by atoms with E-state index in [1.54, 1.807) is 0 Å². The van der Waals surface area contributed by atoms with Gasteiger partial charge in [-0.25, -0.2) is 4.98 Å². The Hall–Kier alpha value is -1.93. The lowest BCUT2D eigenvalue weighted by Crippen LogP contribution is -2.39. The number of hydrogen-bond acceptors (Lipinski definition) is 5. The van der Waals surface area contributed by atoms with Crippen LogP contribution >= 0.6 is 11.3 Å². The molecular weight excluding hydrogens is 370 g/mol. The maximum Gasteiger partial charge on any atom is 0.194 e. The van der Waals surface area contributed by atoms with E-state index in [0.717, 1.165) is 25.5 Å². The molecule has 0 saturated heterocycles. The molecule has 1 aliphatic carbocycles. The van der Waals surface area contributed by atoms with Crippen LogP contribution < -0.4 is 5.32 Å². The van der Waals surface area contributed by atoms with Crippen molar-refractivity contribution < 1.29 is 0 Å². The van der Waals surface area contributed by atoms with Gasteiger partial charge < -0.3 is 15.1 Å². The van der Waals surface area contributed by atoms with Gasteiger partial charge in [0.05, 0.1) is 31.0 Å². The number of nitrogens with zero attached hydrogens (tertiary/aromatic N) is 6. The van der Waals surface area contributed by atoms with Gasteiger partial charge >= 0.3 is 0 Å². The van der Waals surface area contributed by atoms with Crippen LogP contribution in [0.4, 0.5) is 0 Å². The standard InChI is InChI=1S/C20H33N7S/c1-6-21-20(22-12-17(25(2)3)15-11-23-27(5)13-15)26(4)14-19-24-16-9-7-8-10-18(16)28-19/h11,13,17H,6-10,12,14H2,1-5H3,(H,21,22). The lowest BCUT2D eigenvalue weighted by atomic mass is 10.0. The number of hydrogen-bond donors (Lipinski definition) is 1. The summed E-state index contributed by atoms with van der Waals surface area (Å²) in [5, 5.41) is 8.93. The number of rotatable bonds is 7. The number of nitrogens with one attached hydrogen (secondary N) is 1. The topological polar surface area (TPSA) is 61.6 Å². The number of likely N-dealkylation sites (N-methyl/N-ethyl adjacent to an activating group) is 1. The minimum Gasteiger partial charge on any atom is -0.357 e. The zero-order chi connectivity index (χ0) is 20.1. The van der Waals surface area contributed by atoms with Crippen molar-refractivity contribution in [3.63, 3.8) is 0 Å². The molecule has 2 aromatic rings. The molecule has 154 valence electrons. The highest BCUT2D eigenvalue weighted by molar-refractivity contribution is 7.11. The zero-order valence-electron chi connectivity index (χ0n) is 17.8. The fourth-order valence-electron chi connectivity index (χ4n) is 3.57. The van der Waals surface area contributed by atoms with Crippen molar-refractivity contribution in [3.8, 4) is 0 Å². The van der Waals surface area contributed by atoms with E-state index in [4.69, 9.17) is 9.98 Å². The molecule has 2 aromatic heterocycles. The Kier molecular flexibility index (Phi) is 7.07. The van der Waals surface area contributed by atoms with Crippen LogP contribution in [0.15, 0.2) is 17.4 Å². The van der Waals surface area contributed by atoms with Gasteiger partial charge in [0.1, 0.15) is 5.01 Å². The zero-order valence-corrected chi connectivity index (χ0v) is 18.6. The first kappa shape index (κ1) is 20.8. The van der Waals surface area contributed by atoms with Crippen LogP contribution in [0.2, 0.25) is 0 Å². The van der Waals surface area contributed by atoms with Gasteiger partial charge in [-0.2, -0.15) is 5.10 Å². The van der Waals surface area contributed by atoms with Crippen LogP contribution in [0.1, 0.15) is 46.9 Å². The van der Waals surface area contributed by atoms with Crippen molar-refractivity contribution in [1.29, 1.82) is 0 Å². The van der Waals surface area contributed by atoms with E-state index in [-0.39, 0.29) is 6.04 Å². The molecule has 0 aliphatic heterocycles. The normalized spacial score (nSPS) is 15.6. The molecule has 0 bridgehead atoms. The number of thiazole rings is 1. The predicted octanol–water partition coefficient (Wildman–Crippen LogP) is 2.46. The van der Waals surface area contributed by atoms with Crippen molar-refractivity contribution in [1.82, 2.24) is 29.9 Å². The van der Waals surface area contributed by atoms with Gasteiger partial charge in [0.15, 0.2) is 5.96 Å². The monoisotopic (exact) mass is 403 g/mol. The highest BCUT2D eigenvalue weighted by atomic mass is 32.1. The molecule has 0 fully saturated rings. The number of aryl methyl sites for hydroxylation is 3. The molecule has 1 atom stereocenters.